The molecule has 2 heterocycles. The van der Waals surface area contributed by atoms with E-state index in [1.807, 2.05) is 19.2 Å². The maximum atomic E-state index is 4.52. The van der Waals surface area contributed by atoms with E-state index < -0.39 is 0 Å². The first-order valence-corrected chi connectivity index (χ1v) is 7.35. The summed E-state index contributed by atoms with van der Waals surface area (Å²) in [6.07, 6.45) is 3.52. The third-order valence-electron chi connectivity index (χ3n) is 2.73. The molecule has 0 saturated heterocycles. The molecule has 0 amide bonds. The molecule has 6 nitrogen and oxygen atoms in total. The summed E-state index contributed by atoms with van der Waals surface area (Å²) in [5.74, 6) is 1.28. The molecule has 0 unspecified atom stereocenters. The van der Waals surface area contributed by atoms with Gasteiger partial charge in [0.15, 0.2) is 5.16 Å². The molecule has 0 aromatic carbocycles. The molecule has 20 heavy (non-hydrogen) atoms. The molecule has 2 aromatic rings. The van der Waals surface area contributed by atoms with Crippen LogP contribution in [0.3, 0.4) is 0 Å². The van der Waals surface area contributed by atoms with Crippen molar-refractivity contribution in [2.45, 2.75) is 23.9 Å². The van der Waals surface area contributed by atoms with E-state index in [4.69, 9.17) is 0 Å². The molecular formula is C13H18N6S. The number of hydrogen-bond acceptors (Lipinski definition) is 7. The second kappa shape index (κ2) is 7.04. The van der Waals surface area contributed by atoms with Crippen LogP contribution in [0.15, 0.2) is 34.6 Å². The van der Waals surface area contributed by atoms with Gasteiger partial charge in [0, 0.05) is 37.4 Å². The van der Waals surface area contributed by atoms with E-state index in [0.717, 1.165) is 18.0 Å². The van der Waals surface area contributed by atoms with Gasteiger partial charge in [0.1, 0.15) is 0 Å². The summed E-state index contributed by atoms with van der Waals surface area (Å²) in [5, 5.41) is 3.66. The zero-order valence-electron chi connectivity index (χ0n) is 11.9. The maximum Gasteiger partial charge on any atom is 0.231 e. The van der Waals surface area contributed by atoms with E-state index in [2.05, 4.69) is 44.0 Å². The van der Waals surface area contributed by atoms with Crippen LogP contribution in [0.2, 0.25) is 0 Å². The number of aromatic nitrogens is 4. The van der Waals surface area contributed by atoms with Gasteiger partial charge in [-0.15, -0.1) is 0 Å². The van der Waals surface area contributed by atoms with Crippen LogP contribution >= 0.6 is 11.8 Å². The van der Waals surface area contributed by atoms with E-state index in [1.165, 1.54) is 11.8 Å². The highest BCUT2D eigenvalue weighted by atomic mass is 32.2. The molecule has 0 aliphatic heterocycles. The lowest BCUT2D eigenvalue weighted by Gasteiger charge is -2.19. The van der Waals surface area contributed by atoms with Gasteiger partial charge in [-0.25, -0.2) is 0 Å². The number of hydrogen-bond donors (Lipinski definition) is 1. The zero-order valence-corrected chi connectivity index (χ0v) is 12.7. The Morgan fingerprint density at radius 3 is 2.40 bits per heavy atom. The number of nitrogens with zero attached hydrogens (tertiary/aromatic N) is 5. The van der Waals surface area contributed by atoms with Gasteiger partial charge in [-0.1, -0.05) is 0 Å². The summed E-state index contributed by atoms with van der Waals surface area (Å²) >= 11 is 1.50. The van der Waals surface area contributed by atoms with Crippen molar-refractivity contribution >= 4 is 23.7 Å². The molecule has 0 aliphatic carbocycles. The number of nitrogens with one attached hydrogen (secondary N) is 1. The molecular weight excluding hydrogens is 272 g/mol. The molecule has 0 atom stereocenters. The first-order valence-electron chi connectivity index (χ1n) is 6.53. The Kier molecular flexibility index (Phi) is 5.11. The van der Waals surface area contributed by atoms with E-state index in [1.54, 1.807) is 12.4 Å². The van der Waals surface area contributed by atoms with Gasteiger partial charge in [0.25, 0.3) is 0 Å². The summed E-state index contributed by atoms with van der Waals surface area (Å²) in [7, 11) is 1.81. The minimum atomic E-state index is 0.582. The standard InChI is InChI=1S/C13H18N6S/c1-4-19(5-2)12-16-11(14-3)17-13(18-12)20-10-6-8-15-9-7-10/h6-9H,4-5H2,1-3H3,(H,14,16,17,18). The Balaban J connectivity index is 2.30. The molecule has 0 radical (unpaired) electrons. The Hall–Kier alpha value is -1.89. The number of rotatable bonds is 6. The van der Waals surface area contributed by atoms with Gasteiger partial charge < -0.3 is 10.2 Å². The Labute approximate surface area is 123 Å². The summed E-state index contributed by atoms with van der Waals surface area (Å²) in [5.41, 5.74) is 0. The van der Waals surface area contributed by atoms with Gasteiger partial charge in [-0.05, 0) is 37.7 Å². The first kappa shape index (κ1) is 14.5. The molecule has 2 aromatic heterocycles. The van der Waals surface area contributed by atoms with Crippen LogP contribution < -0.4 is 10.2 Å². The van der Waals surface area contributed by atoms with Crippen molar-refractivity contribution in [3.8, 4) is 0 Å². The molecule has 1 N–H and O–H groups in total. The maximum absolute atomic E-state index is 4.52. The monoisotopic (exact) mass is 290 g/mol. The first-order chi connectivity index (χ1) is 9.76. The lowest BCUT2D eigenvalue weighted by Crippen LogP contribution is -2.25. The third-order valence-corrected chi connectivity index (χ3v) is 3.60. The fourth-order valence-corrected chi connectivity index (χ4v) is 2.39. The van der Waals surface area contributed by atoms with Crippen LogP contribution in [0.1, 0.15) is 13.8 Å². The second-order valence-electron chi connectivity index (χ2n) is 3.95. The second-order valence-corrected chi connectivity index (χ2v) is 4.99. The summed E-state index contributed by atoms with van der Waals surface area (Å²) in [4.78, 5) is 20.5. The Bertz CT molecular complexity index is 544. The minimum Gasteiger partial charge on any atom is -0.357 e. The fraction of sp³-hybridized carbons (Fsp3) is 0.385. The average Bonchev–Trinajstić information content (AvgIpc) is 2.49. The average molecular weight is 290 g/mol. The van der Waals surface area contributed by atoms with E-state index in [0.29, 0.717) is 17.1 Å². The van der Waals surface area contributed by atoms with Crippen LogP contribution in [-0.4, -0.2) is 40.1 Å². The number of anilines is 2. The quantitative estimate of drug-likeness (QED) is 0.875. The predicted molar refractivity (Wildman–Crippen MR) is 81.3 cm³/mol. The lowest BCUT2D eigenvalue weighted by molar-refractivity contribution is 0.784. The van der Waals surface area contributed by atoms with E-state index in [9.17, 15) is 0 Å². The van der Waals surface area contributed by atoms with E-state index in [-0.39, 0.29) is 0 Å². The van der Waals surface area contributed by atoms with Crippen LogP contribution in [0.4, 0.5) is 11.9 Å². The van der Waals surface area contributed by atoms with Gasteiger partial charge in [-0.2, -0.15) is 15.0 Å². The molecule has 0 bridgehead atoms. The highest BCUT2D eigenvalue weighted by Crippen LogP contribution is 2.25. The number of pyridine rings is 1. The highest BCUT2D eigenvalue weighted by Gasteiger charge is 2.11. The van der Waals surface area contributed by atoms with Crippen molar-refractivity contribution in [2.24, 2.45) is 0 Å². The topological polar surface area (TPSA) is 66.8 Å². The molecule has 0 fully saturated rings. The Morgan fingerprint density at radius 2 is 1.80 bits per heavy atom. The van der Waals surface area contributed by atoms with Gasteiger partial charge in [0.05, 0.1) is 0 Å². The van der Waals surface area contributed by atoms with E-state index >= 15 is 0 Å². The van der Waals surface area contributed by atoms with Gasteiger partial charge >= 0.3 is 0 Å². The summed E-state index contributed by atoms with van der Waals surface area (Å²) in [6.45, 7) is 5.90. The largest absolute Gasteiger partial charge is 0.357 e. The smallest absolute Gasteiger partial charge is 0.231 e. The molecule has 0 aliphatic rings. The molecule has 2 rings (SSSR count). The van der Waals surface area contributed by atoms with Crippen LogP contribution in [0, 0.1) is 0 Å². The van der Waals surface area contributed by atoms with Crippen molar-refractivity contribution in [3.05, 3.63) is 24.5 Å². The van der Waals surface area contributed by atoms with Crippen molar-refractivity contribution in [2.75, 3.05) is 30.4 Å². The van der Waals surface area contributed by atoms with Crippen LogP contribution in [0.25, 0.3) is 0 Å². The van der Waals surface area contributed by atoms with Gasteiger partial charge in [0.2, 0.25) is 11.9 Å². The molecule has 0 saturated carbocycles. The highest BCUT2D eigenvalue weighted by molar-refractivity contribution is 7.99. The summed E-state index contributed by atoms with van der Waals surface area (Å²) in [6, 6.07) is 3.87. The predicted octanol–water partition coefficient (Wildman–Crippen LogP) is 2.31. The third kappa shape index (κ3) is 3.57. The zero-order chi connectivity index (χ0) is 14.4. The van der Waals surface area contributed by atoms with Crippen LogP contribution in [0.5, 0.6) is 0 Å². The Morgan fingerprint density at radius 1 is 1.10 bits per heavy atom. The summed E-state index contributed by atoms with van der Waals surface area (Å²) < 4.78 is 0. The van der Waals surface area contributed by atoms with Gasteiger partial charge in [-0.3, -0.25) is 4.98 Å². The molecule has 0 spiro atoms. The van der Waals surface area contributed by atoms with Crippen molar-refractivity contribution in [1.29, 1.82) is 0 Å². The normalized spacial score (nSPS) is 10.3. The molecule has 7 heteroatoms. The van der Waals surface area contributed by atoms with Crippen molar-refractivity contribution < 1.29 is 0 Å². The lowest BCUT2D eigenvalue weighted by atomic mass is 10.5. The molecule has 106 valence electrons. The van der Waals surface area contributed by atoms with Crippen molar-refractivity contribution in [1.82, 2.24) is 19.9 Å². The fourth-order valence-electron chi connectivity index (χ4n) is 1.66. The van der Waals surface area contributed by atoms with Crippen molar-refractivity contribution in [3.63, 3.8) is 0 Å². The SMILES string of the molecule is CCN(CC)c1nc(NC)nc(Sc2ccncc2)n1. The minimum absolute atomic E-state index is 0.582. The van der Waals surface area contributed by atoms with Crippen LogP contribution in [-0.2, 0) is 0 Å².